The number of aromatic nitrogens is 1. The molecule has 3 atom stereocenters. The van der Waals surface area contributed by atoms with E-state index in [9.17, 15) is 10.1 Å². The van der Waals surface area contributed by atoms with E-state index in [0.29, 0.717) is 16.6 Å². The van der Waals surface area contributed by atoms with E-state index >= 15 is 0 Å². The van der Waals surface area contributed by atoms with Crippen LogP contribution in [0.25, 0.3) is 0 Å². The Kier molecular flexibility index (Phi) is 4.84. The Morgan fingerprint density at radius 1 is 1.25 bits per heavy atom. The third kappa shape index (κ3) is 3.05. The minimum atomic E-state index is -0.435. The Hall–Kier alpha value is -2.81. The molecular formula is C19H20N4O4S. The van der Waals surface area contributed by atoms with Crippen LogP contribution in [-0.4, -0.2) is 46.0 Å². The number of aliphatic imine (C=N–C) groups is 1. The number of fused-ring (bicyclic) bond motifs is 1. The van der Waals surface area contributed by atoms with Crippen LogP contribution >= 0.6 is 11.8 Å². The van der Waals surface area contributed by atoms with Crippen molar-refractivity contribution in [2.75, 3.05) is 20.8 Å². The van der Waals surface area contributed by atoms with E-state index < -0.39 is 4.92 Å². The molecule has 1 saturated heterocycles. The summed E-state index contributed by atoms with van der Waals surface area (Å²) in [4.78, 5) is 22.8. The highest BCUT2D eigenvalue weighted by Gasteiger charge is 2.45. The lowest BCUT2D eigenvalue weighted by molar-refractivity contribution is -0.385. The van der Waals surface area contributed by atoms with Crippen molar-refractivity contribution >= 4 is 22.6 Å². The molecule has 0 unspecified atom stereocenters. The molecule has 0 N–H and O–H groups in total. The van der Waals surface area contributed by atoms with E-state index in [2.05, 4.69) is 16.8 Å². The molecule has 9 heteroatoms. The Morgan fingerprint density at radius 3 is 2.68 bits per heavy atom. The second-order valence-corrected chi connectivity index (χ2v) is 8.07. The Morgan fingerprint density at radius 2 is 2.04 bits per heavy atom. The number of thioether (sulfide) groups is 1. The molecule has 0 bridgehead atoms. The van der Waals surface area contributed by atoms with Gasteiger partial charge >= 0.3 is 5.69 Å². The number of nitrogens with zero attached hydrogens (tertiary/aromatic N) is 4. The first-order valence-electron chi connectivity index (χ1n) is 8.85. The van der Waals surface area contributed by atoms with Crippen LogP contribution in [0.2, 0.25) is 0 Å². The van der Waals surface area contributed by atoms with Gasteiger partial charge in [0.05, 0.1) is 30.9 Å². The maximum absolute atomic E-state index is 11.6. The van der Waals surface area contributed by atoms with Gasteiger partial charge in [0.15, 0.2) is 5.17 Å². The molecule has 0 amide bonds. The number of benzene rings is 1. The molecule has 0 radical (unpaired) electrons. The molecule has 4 rings (SSSR count). The maximum Gasteiger partial charge on any atom is 0.311 e. The zero-order valence-corrected chi connectivity index (χ0v) is 16.5. The van der Waals surface area contributed by atoms with Gasteiger partial charge in [-0.25, -0.2) is 0 Å². The molecule has 28 heavy (non-hydrogen) atoms. The van der Waals surface area contributed by atoms with Crippen LogP contribution in [0.15, 0.2) is 41.5 Å². The average Bonchev–Trinajstić information content (AvgIpc) is 3.23. The van der Waals surface area contributed by atoms with Gasteiger partial charge in [0.1, 0.15) is 11.8 Å². The van der Waals surface area contributed by atoms with E-state index in [4.69, 9.17) is 14.5 Å². The standard InChI is InChI=1S/C19H20N4O4S/c1-11-10-22-18(17(21-19(22)28-11)13-6-4-5-7-20-13)12-8-14(23(24)25)16(27-3)9-15(12)26-2/h4-9,11,17-18H,10H2,1-3H3/t11-,17+,18+/m0/s1. The smallest absolute Gasteiger partial charge is 0.311 e. The lowest BCUT2D eigenvalue weighted by atomic mass is 9.94. The predicted molar refractivity (Wildman–Crippen MR) is 107 cm³/mol. The first kappa shape index (κ1) is 18.5. The number of hydrogen-bond acceptors (Lipinski definition) is 8. The molecule has 1 aromatic heterocycles. The van der Waals surface area contributed by atoms with Crippen LogP contribution in [0.3, 0.4) is 0 Å². The zero-order chi connectivity index (χ0) is 19.8. The SMILES string of the molecule is COc1cc(OC)c([N+](=O)[O-])cc1[C@@H]1[C@@H](c2ccccn2)N=C2S[C@@H](C)CN21. The second-order valence-electron chi connectivity index (χ2n) is 6.66. The molecule has 0 spiro atoms. The van der Waals surface area contributed by atoms with Crippen molar-refractivity contribution in [1.82, 2.24) is 9.88 Å². The van der Waals surface area contributed by atoms with Crippen molar-refractivity contribution in [3.63, 3.8) is 0 Å². The third-order valence-electron chi connectivity index (χ3n) is 4.93. The Bertz CT molecular complexity index is 937. The molecule has 1 fully saturated rings. The van der Waals surface area contributed by atoms with Crippen molar-refractivity contribution in [3.05, 3.63) is 57.9 Å². The van der Waals surface area contributed by atoms with E-state index in [-0.39, 0.29) is 23.5 Å². The summed E-state index contributed by atoms with van der Waals surface area (Å²) in [5.74, 6) is 0.706. The third-order valence-corrected chi connectivity index (χ3v) is 6.03. The summed E-state index contributed by atoms with van der Waals surface area (Å²) < 4.78 is 10.8. The number of hydrogen-bond donors (Lipinski definition) is 0. The fourth-order valence-corrected chi connectivity index (χ4v) is 4.83. The van der Waals surface area contributed by atoms with Gasteiger partial charge in [0.2, 0.25) is 5.75 Å². The number of nitro groups is 1. The Balaban J connectivity index is 1.87. The highest BCUT2D eigenvalue weighted by Crippen LogP contribution is 2.51. The number of amidine groups is 1. The van der Waals surface area contributed by atoms with Gasteiger partial charge in [-0.1, -0.05) is 24.8 Å². The zero-order valence-electron chi connectivity index (χ0n) is 15.7. The summed E-state index contributed by atoms with van der Waals surface area (Å²) in [6, 6.07) is 8.34. The molecule has 0 aliphatic carbocycles. The van der Waals surface area contributed by atoms with E-state index in [0.717, 1.165) is 17.4 Å². The molecule has 2 aliphatic heterocycles. The van der Waals surface area contributed by atoms with Gasteiger partial charge in [-0.05, 0) is 12.1 Å². The maximum atomic E-state index is 11.6. The van der Waals surface area contributed by atoms with Crippen LogP contribution in [0.1, 0.15) is 30.3 Å². The molecular weight excluding hydrogens is 380 g/mol. The molecule has 0 saturated carbocycles. The predicted octanol–water partition coefficient (Wildman–Crippen LogP) is 3.60. The minimum absolute atomic E-state index is 0.0913. The van der Waals surface area contributed by atoms with Gasteiger partial charge in [0, 0.05) is 35.7 Å². The molecule has 8 nitrogen and oxygen atoms in total. The first-order valence-corrected chi connectivity index (χ1v) is 9.73. The number of pyridine rings is 1. The van der Waals surface area contributed by atoms with Crippen molar-refractivity contribution in [2.24, 2.45) is 4.99 Å². The van der Waals surface area contributed by atoms with Crippen LogP contribution in [-0.2, 0) is 0 Å². The first-order chi connectivity index (χ1) is 13.5. The van der Waals surface area contributed by atoms with E-state index in [1.807, 2.05) is 18.2 Å². The van der Waals surface area contributed by atoms with Crippen molar-refractivity contribution in [2.45, 2.75) is 24.3 Å². The fourth-order valence-electron chi connectivity index (χ4n) is 3.73. The molecule has 146 valence electrons. The summed E-state index contributed by atoms with van der Waals surface area (Å²) in [6.07, 6.45) is 1.74. The van der Waals surface area contributed by atoms with Gasteiger partial charge in [-0.2, -0.15) is 0 Å². The number of nitro benzene ring substituents is 1. The van der Waals surface area contributed by atoms with Crippen LogP contribution in [0, 0.1) is 10.1 Å². The van der Waals surface area contributed by atoms with E-state index in [1.165, 1.54) is 7.11 Å². The lowest BCUT2D eigenvalue weighted by Crippen LogP contribution is -2.29. The summed E-state index contributed by atoms with van der Waals surface area (Å²) in [6.45, 7) is 2.95. The highest BCUT2D eigenvalue weighted by atomic mass is 32.2. The van der Waals surface area contributed by atoms with Crippen molar-refractivity contribution < 1.29 is 14.4 Å². The van der Waals surface area contributed by atoms with E-state index in [1.54, 1.807) is 37.2 Å². The van der Waals surface area contributed by atoms with Gasteiger partial charge in [0.25, 0.3) is 0 Å². The second kappa shape index (κ2) is 7.31. The Labute approximate surface area is 166 Å². The normalized spacial score (nSPS) is 23.3. The molecule has 2 aliphatic rings. The molecule has 1 aromatic carbocycles. The number of ether oxygens (including phenoxy) is 2. The van der Waals surface area contributed by atoms with Crippen LogP contribution in [0.5, 0.6) is 11.5 Å². The topological polar surface area (TPSA) is 90.1 Å². The van der Waals surface area contributed by atoms with Crippen molar-refractivity contribution in [3.8, 4) is 11.5 Å². The van der Waals surface area contributed by atoms with Crippen molar-refractivity contribution in [1.29, 1.82) is 0 Å². The minimum Gasteiger partial charge on any atom is -0.496 e. The number of rotatable bonds is 5. The summed E-state index contributed by atoms with van der Waals surface area (Å²) in [5, 5.41) is 12.9. The van der Waals surface area contributed by atoms with Crippen LogP contribution < -0.4 is 9.47 Å². The average molecular weight is 400 g/mol. The summed E-state index contributed by atoms with van der Waals surface area (Å²) in [5.41, 5.74) is 1.44. The largest absolute Gasteiger partial charge is 0.496 e. The molecule has 2 aromatic rings. The quantitative estimate of drug-likeness (QED) is 0.559. The lowest BCUT2D eigenvalue weighted by Gasteiger charge is -2.28. The van der Waals surface area contributed by atoms with Crippen LogP contribution in [0.4, 0.5) is 5.69 Å². The van der Waals surface area contributed by atoms with Gasteiger partial charge in [-0.15, -0.1) is 0 Å². The van der Waals surface area contributed by atoms with Gasteiger partial charge < -0.3 is 14.4 Å². The molecule has 3 heterocycles. The fraction of sp³-hybridized carbons (Fsp3) is 0.368. The number of methoxy groups -OCH3 is 2. The van der Waals surface area contributed by atoms with Gasteiger partial charge in [-0.3, -0.25) is 20.1 Å². The monoisotopic (exact) mass is 400 g/mol. The summed E-state index contributed by atoms with van der Waals surface area (Å²) in [7, 11) is 2.96. The summed E-state index contributed by atoms with van der Waals surface area (Å²) >= 11 is 1.71. The highest BCUT2D eigenvalue weighted by molar-refractivity contribution is 8.14.